The van der Waals surface area contributed by atoms with E-state index in [-0.39, 0.29) is 23.8 Å². The highest BCUT2D eigenvalue weighted by atomic mass is 16.5. The highest BCUT2D eigenvalue weighted by Gasteiger charge is 2.39. The van der Waals surface area contributed by atoms with Crippen molar-refractivity contribution in [3.8, 4) is 6.07 Å². The zero-order valence-electron chi connectivity index (χ0n) is 13.5. The lowest BCUT2D eigenvalue weighted by molar-refractivity contribution is -0.126. The molecule has 126 valence electrons. The maximum Gasteiger partial charge on any atom is 0.254 e. The van der Waals surface area contributed by atoms with Crippen molar-refractivity contribution in [2.75, 3.05) is 26.3 Å². The number of nitriles is 1. The topological polar surface area (TPSA) is 82.4 Å². The van der Waals surface area contributed by atoms with E-state index in [1.165, 1.54) is 0 Å². The van der Waals surface area contributed by atoms with Gasteiger partial charge in [-0.05, 0) is 31.0 Å². The van der Waals surface area contributed by atoms with Gasteiger partial charge in [-0.25, -0.2) is 0 Å². The van der Waals surface area contributed by atoms with Gasteiger partial charge in [0.15, 0.2) is 0 Å². The number of rotatable bonds is 1. The van der Waals surface area contributed by atoms with Crippen molar-refractivity contribution in [1.82, 2.24) is 10.2 Å². The van der Waals surface area contributed by atoms with Crippen molar-refractivity contribution in [2.24, 2.45) is 5.92 Å². The molecule has 1 aliphatic carbocycles. The molecule has 1 aliphatic heterocycles. The SMILES string of the molecule is N#Cc1cccc(C(=O)N2CCOCCNC(=O)[C@@H]3CCC[C@@H]32)c1. The average molecular weight is 327 g/mol. The Bertz CT molecular complexity index is 668. The molecule has 2 atom stereocenters. The predicted molar refractivity (Wildman–Crippen MR) is 87.2 cm³/mol. The van der Waals surface area contributed by atoms with Gasteiger partial charge in [0, 0.05) is 24.7 Å². The van der Waals surface area contributed by atoms with Crippen LogP contribution >= 0.6 is 0 Å². The van der Waals surface area contributed by atoms with Gasteiger partial charge in [0.1, 0.15) is 0 Å². The number of nitrogens with zero attached hydrogens (tertiary/aromatic N) is 2. The molecule has 1 saturated heterocycles. The van der Waals surface area contributed by atoms with Crippen LogP contribution in [0.15, 0.2) is 24.3 Å². The van der Waals surface area contributed by atoms with E-state index >= 15 is 0 Å². The van der Waals surface area contributed by atoms with Gasteiger partial charge in [-0.1, -0.05) is 12.5 Å². The molecular formula is C18H21N3O3. The molecule has 1 N–H and O–H groups in total. The summed E-state index contributed by atoms with van der Waals surface area (Å²) in [6.07, 6.45) is 2.56. The first kappa shape index (κ1) is 16.5. The number of ether oxygens (including phenoxy) is 1. The monoisotopic (exact) mass is 327 g/mol. The van der Waals surface area contributed by atoms with E-state index in [0.29, 0.717) is 37.4 Å². The average Bonchev–Trinajstić information content (AvgIpc) is 3.10. The predicted octanol–water partition coefficient (Wildman–Crippen LogP) is 1.32. The molecule has 1 saturated carbocycles. The Balaban J connectivity index is 1.88. The van der Waals surface area contributed by atoms with Crippen molar-refractivity contribution in [2.45, 2.75) is 25.3 Å². The first-order valence-electron chi connectivity index (χ1n) is 8.37. The number of fused-ring (bicyclic) bond motifs is 1. The molecular weight excluding hydrogens is 306 g/mol. The Morgan fingerprint density at radius 3 is 3.04 bits per heavy atom. The summed E-state index contributed by atoms with van der Waals surface area (Å²) in [6, 6.07) is 8.66. The van der Waals surface area contributed by atoms with Crippen molar-refractivity contribution < 1.29 is 14.3 Å². The number of carbonyl (C=O) groups excluding carboxylic acids is 2. The molecule has 0 aromatic heterocycles. The fourth-order valence-corrected chi connectivity index (χ4v) is 3.57. The number of benzene rings is 1. The summed E-state index contributed by atoms with van der Waals surface area (Å²) in [5, 5.41) is 11.9. The van der Waals surface area contributed by atoms with Crippen LogP contribution in [0, 0.1) is 17.2 Å². The molecule has 0 radical (unpaired) electrons. The zero-order valence-corrected chi connectivity index (χ0v) is 13.5. The minimum absolute atomic E-state index is 0.00609. The largest absolute Gasteiger partial charge is 0.378 e. The van der Waals surface area contributed by atoms with E-state index in [1.807, 2.05) is 0 Å². The van der Waals surface area contributed by atoms with Crippen LogP contribution in [0.2, 0.25) is 0 Å². The first-order chi connectivity index (χ1) is 11.7. The number of carbonyl (C=O) groups is 2. The second-order valence-electron chi connectivity index (χ2n) is 6.20. The summed E-state index contributed by atoms with van der Waals surface area (Å²) >= 11 is 0. The highest BCUT2D eigenvalue weighted by molar-refractivity contribution is 5.95. The molecule has 1 aromatic rings. The third kappa shape index (κ3) is 3.41. The van der Waals surface area contributed by atoms with Crippen LogP contribution in [-0.4, -0.2) is 49.1 Å². The minimum Gasteiger partial charge on any atom is -0.378 e. The summed E-state index contributed by atoms with van der Waals surface area (Å²) in [5.41, 5.74) is 0.941. The van der Waals surface area contributed by atoms with Gasteiger partial charge in [0.25, 0.3) is 5.91 Å². The van der Waals surface area contributed by atoms with Gasteiger partial charge < -0.3 is 15.0 Å². The summed E-state index contributed by atoms with van der Waals surface area (Å²) < 4.78 is 5.51. The Kier molecular flexibility index (Phi) is 5.11. The van der Waals surface area contributed by atoms with Crippen LogP contribution in [0.25, 0.3) is 0 Å². The molecule has 0 spiro atoms. The molecule has 2 aliphatic rings. The van der Waals surface area contributed by atoms with Crippen LogP contribution in [-0.2, 0) is 9.53 Å². The van der Waals surface area contributed by atoms with Crippen molar-refractivity contribution >= 4 is 11.8 Å². The minimum atomic E-state index is -0.161. The fraction of sp³-hybridized carbons (Fsp3) is 0.500. The van der Waals surface area contributed by atoms with E-state index in [1.54, 1.807) is 29.2 Å². The molecule has 1 heterocycles. The van der Waals surface area contributed by atoms with E-state index < -0.39 is 0 Å². The first-order valence-corrected chi connectivity index (χ1v) is 8.37. The van der Waals surface area contributed by atoms with Crippen molar-refractivity contribution in [3.05, 3.63) is 35.4 Å². The van der Waals surface area contributed by atoms with Gasteiger partial charge in [0.2, 0.25) is 5.91 Å². The number of hydrogen-bond donors (Lipinski definition) is 1. The fourth-order valence-electron chi connectivity index (χ4n) is 3.57. The molecule has 3 rings (SSSR count). The second-order valence-corrected chi connectivity index (χ2v) is 6.20. The van der Waals surface area contributed by atoms with E-state index in [9.17, 15) is 9.59 Å². The Morgan fingerprint density at radius 2 is 2.21 bits per heavy atom. The molecule has 1 aromatic carbocycles. The maximum absolute atomic E-state index is 13.0. The number of nitrogens with one attached hydrogen (secondary N) is 1. The normalized spacial score (nSPS) is 24.6. The summed E-state index contributed by atoms with van der Waals surface area (Å²) in [4.78, 5) is 27.1. The summed E-state index contributed by atoms with van der Waals surface area (Å²) in [5.74, 6) is -0.293. The number of hydrogen-bond acceptors (Lipinski definition) is 4. The zero-order chi connectivity index (χ0) is 16.9. The smallest absolute Gasteiger partial charge is 0.254 e. The van der Waals surface area contributed by atoms with Gasteiger partial charge in [-0.2, -0.15) is 5.26 Å². The molecule has 6 nitrogen and oxygen atoms in total. The van der Waals surface area contributed by atoms with Gasteiger partial charge in [-0.15, -0.1) is 0 Å². The lowest BCUT2D eigenvalue weighted by Crippen LogP contribution is -2.49. The third-order valence-electron chi connectivity index (χ3n) is 4.74. The van der Waals surface area contributed by atoms with E-state index in [2.05, 4.69) is 11.4 Å². The van der Waals surface area contributed by atoms with Crippen molar-refractivity contribution in [1.29, 1.82) is 5.26 Å². The lowest BCUT2D eigenvalue weighted by atomic mass is 9.99. The molecule has 2 fully saturated rings. The summed E-state index contributed by atoms with van der Waals surface area (Å²) in [7, 11) is 0. The molecule has 24 heavy (non-hydrogen) atoms. The van der Waals surface area contributed by atoms with Crippen LogP contribution in [0.4, 0.5) is 0 Å². The second kappa shape index (κ2) is 7.45. The van der Waals surface area contributed by atoms with Crippen LogP contribution < -0.4 is 5.32 Å². The van der Waals surface area contributed by atoms with Crippen molar-refractivity contribution in [3.63, 3.8) is 0 Å². The maximum atomic E-state index is 13.0. The third-order valence-corrected chi connectivity index (χ3v) is 4.74. The highest BCUT2D eigenvalue weighted by Crippen LogP contribution is 2.31. The van der Waals surface area contributed by atoms with Crippen LogP contribution in [0.5, 0.6) is 0 Å². The quantitative estimate of drug-likeness (QED) is 0.843. The molecule has 0 unspecified atom stereocenters. The van der Waals surface area contributed by atoms with Gasteiger partial charge in [-0.3, -0.25) is 9.59 Å². The van der Waals surface area contributed by atoms with Gasteiger partial charge >= 0.3 is 0 Å². The Morgan fingerprint density at radius 1 is 1.33 bits per heavy atom. The summed E-state index contributed by atoms with van der Waals surface area (Å²) in [6.45, 7) is 1.88. The standard InChI is InChI=1S/C18H21N3O3/c19-12-13-3-1-4-14(11-13)18(23)21-8-10-24-9-7-20-17(22)15-5-2-6-16(15)21/h1,3-4,11,15-16H,2,5-10H2,(H,20,22)/t15-,16+/m1/s1. The van der Waals surface area contributed by atoms with E-state index in [4.69, 9.17) is 10.00 Å². The van der Waals surface area contributed by atoms with Crippen LogP contribution in [0.1, 0.15) is 35.2 Å². The molecule has 6 heteroatoms. The Labute approximate surface area is 141 Å². The lowest BCUT2D eigenvalue weighted by Gasteiger charge is -2.33. The number of amides is 2. The molecule has 2 amide bonds. The van der Waals surface area contributed by atoms with Gasteiger partial charge in [0.05, 0.1) is 30.8 Å². The molecule has 0 bridgehead atoms. The van der Waals surface area contributed by atoms with E-state index in [0.717, 1.165) is 19.3 Å². The Hall–Kier alpha value is -2.39. The van der Waals surface area contributed by atoms with Crippen LogP contribution in [0.3, 0.4) is 0 Å².